The third kappa shape index (κ3) is 4.56. The lowest BCUT2D eigenvalue weighted by Gasteiger charge is -2.35. The first-order valence-corrected chi connectivity index (χ1v) is 9.78. The Hall–Kier alpha value is -2.93. The summed E-state index contributed by atoms with van der Waals surface area (Å²) in [6.45, 7) is 5.79. The molecule has 1 aliphatic heterocycles. The fourth-order valence-corrected chi connectivity index (χ4v) is 3.52. The van der Waals surface area contributed by atoms with Gasteiger partial charge in [-0.05, 0) is 29.7 Å². The van der Waals surface area contributed by atoms with Crippen LogP contribution in [0, 0.1) is 10.1 Å². The van der Waals surface area contributed by atoms with Gasteiger partial charge in [0.15, 0.2) is 0 Å². The number of benzene rings is 2. The Bertz CT molecular complexity index is 935. The average Bonchev–Trinajstić information content (AvgIpc) is 2.72. The Morgan fingerprint density at radius 3 is 2.00 bits per heavy atom. The van der Waals surface area contributed by atoms with Gasteiger partial charge in [-0.25, -0.2) is 0 Å². The molecule has 0 radical (unpaired) electrons. The monoisotopic (exact) mass is 415 g/mol. The van der Waals surface area contributed by atoms with Gasteiger partial charge in [-0.15, -0.1) is 0 Å². The highest BCUT2D eigenvalue weighted by Gasteiger charge is 2.27. The van der Waals surface area contributed by atoms with Gasteiger partial charge in [0.05, 0.1) is 15.5 Å². The molecular weight excluding hydrogens is 394 g/mol. The summed E-state index contributed by atoms with van der Waals surface area (Å²) >= 11 is 6.07. The zero-order chi connectivity index (χ0) is 21.1. The first-order chi connectivity index (χ1) is 13.8. The lowest BCUT2D eigenvalue weighted by molar-refractivity contribution is -0.384. The first-order valence-electron chi connectivity index (χ1n) is 9.40. The molecule has 8 heteroatoms. The summed E-state index contributed by atoms with van der Waals surface area (Å²) < 4.78 is 0. The summed E-state index contributed by atoms with van der Waals surface area (Å²) in [4.78, 5) is 39.0. The van der Waals surface area contributed by atoms with E-state index in [0.717, 1.165) is 0 Å². The molecule has 0 bridgehead atoms. The van der Waals surface area contributed by atoms with E-state index in [2.05, 4.69) is 13.8 Å². The number of rotatable bonds is 4. The largest absolute Gasteiger partial charge is 0.335 e. The van der Waals surface area contributed by atoms with E-state index in [1.54, 1.807) is 9.80 Å². The van der Waals surface area contributed by atoms with Gasteiger partial charge < -0.3 is 9.80 Å². The normalized spacial score (nSPS) is 14.2. The molecule has 1 fully saturated rings. The molecule has 7 nitrogen and oxygen atoms in total. The van der Waals surface area contributed by atoms with Gasteiger partial charge in [-0.3, -0.25) is 19.7 Å². The number of nitro groups is 1. The lowest BCUT2D eigenvalue weighted by atomic mass is 10.0. The number of nitrogens with zero attached hydrogens (tertiary/aromatic N) is 3. The van der Waals surface area contributed by atoms with Crippen molar-refractivity contribution in [2.45, 2.75) is 19.8 Å². The van der Waals surface area contributed by atoms with E-state index in [1.807, 2.05) is 24.3 Å². The van der Waals surface area contributed by atoms with E-state index in [4.69, 9.17) is 11.6 Å². The van der Waals surface area contributed by atoms with Crippen LogP contribution >= 0.6 is 11.6 Å². The van der Waals surface area contributed by atoms with E-state index >= 15 is 0 Å². The quantitative estimate of drug-likeness (QED) is 0.558. The van der Waals surface area contributed by atoms with Crippen LogP contribution in [0.1, 0.15) is 46.0 Å². The van der Waals surface area contributed by atoms with E-state index in [-0.39, 0.29) is 28.1 Å². The standard InChI is InChI=1S/C21H22ClN3O4/c1-14(2)15-3-5-16(6-4-15)20(26)23-9-11-24(12-10-23)21(27)18-8-7-17(25(28)29)13-19(18)22/h3-8,13-14H,9-12H2,1-2H3. The molecule has 2 aromatic rings. The third-order valence-corrected chi connectivity index (χ3v) is 5.39. The highest BCUT2D eigenvalue weighted by Crippen LogP contribution is 2.24. The van der Waals surface area contributed by atoms with Gasteiger partial charge >= 0.3 is 0 Å². The fraction of sp³-hybridized carbons (Fsp3) is 0.333. The first kappa shape index (κ1) is 20.8. The van der Waals surface area contributed by atoms with Crippen molar-refractivity contribution >= 4 is 29.1 Å². The number of nitro benzene ring substituents is 1. The zero-order valence-corrected chi connectivity index (χ0v) is 17.1. The number of amides is 2. The number of hydrogen-bond acceptors (Lipinski definition) is 4. The fourth-order valence-electron chi connectivity index (χ4n) is 3.27. The molecule has 2 amide bonds. The minimum absolute atomic E-state index is 0.0490. The topological polar surface area (TPSA) is 83.8 Å². The molecule has 0 N–H and O–H groups in total. The minimum Gasteiger partial charge on any atom is -0.335 e. The van der Waals surface area contributed by atoms with Crippen molar-refractivity contribution in [2.75, 3.05) is 26.2 Å². The molecule has 0 unspecified atom stereocenters. The van der Waals surface area contributed by atoms with Crippen molar-refractivity contribution in [2.24, 2.45) is 0 Å². The number of carbonyl (C=O) groups is 2. The summed E-state index contributed by atoms with van der Waals surface area (Å²) in [5.74, 6) is 0.0546. The molecule has 0 aliphatic carbocycles. The van der Waals surface area contributed by atoms with Gasteiger partial charge in [-0.2, -0.15) is 0 Å². The molecule has 0 aromatic heterocycles. The van der Waals surface area contributed by atoms with E-state index in [0.29, 0.717) is 37.7 Å². The maximum Gasteiger partial charge on any atom is 0.270 e. The van der Waals surface area contributed by atoms with Crippen LogP contribution in [0.2, 0.25) is 5.02 Å². The maximum absolute atomic E-state index is 12.7. The Labute approximate surface area is 174 Å². The van der Waals surface area contributed by atoms with Crippen LogP contribution in [0.25, 0.3) is 0 Å². The third-order valence-electron chi connectivity index (χ3n) is 5.07. The molecule has 152 valence electrons. The van der Waals surface area contributed by atoms with Crippen molar-refractivity contribution in [3.8, 4) is 0 Å². The molecule has 2 aromatic carbocycles. The van der Waals surface area contributed by atoms with Crippen molar-refractivity contribution < 1.29 is 14.5 Å². The van der Waals surface area contributed by atoms with E-state index < -0.39 is 4.92 Å². The number of hydrogen-bond donors (Lipinski definition) is 0. The van der Waals surface area contributed by atoms with Crippen LogP contribution in [0.4, 0.5) is 5.69 Å². The highest BCUT2D eigenvalue weighted by molar-refractivity contribution is 6.34. The van der Waals surface area contributed by atoms with Crippen LogP contribution < -0.4 is 0 Å². The van der Waals surface area contributed by atoms with E-state index in [9.17, 15) is 19.7 Å². The SMILES string of the molecule is CC(C)c1ccc(C(=O)N2CCN(C(=O)c3ccc([N+](=O)[O-])cc3Cl)CC2)cc1. The summed E-state index contributed by atoms with van der Waals surface area (Å²) in [5, 5.41) is 10.9. The molecule has 3 rings (SSSR count). The average molecular weight is 416 g/mol. The van der Waals surface area contributed by atoms with Crippen molar-refractivity contribution in [3.63, 3.8) is 0 Å². The second-order valence-corrected chi connectivity index (χ2v) is 7.69. The summed E-state index contributed by atoms with van der Waals surface area (Å²) in [6, 6.07) is 11.4. The molecule has 0 spiro atoms. The van der Waals surface area contributed by atoms with Crippen LogP contribution in [-0.2, 0) is 0 Å². The molecule has 1 heterocycles. The highest BCUT2D eigenvalue weighted by atomic mass is 35.5. The number of non-ortho nitro benzene ring substituents is 1. The van der Waals surface area contributed by atoms with Crippen LogP contribution in [-0.4, -0.2) is 52.7 Å². The minimum atomic E-state index is -0.557. The number of piperazine rings is 1. The second kappa shape index (κ2) is 8.61. The molecule has 29 heavy (non-hydrogen) atoms. The van der Waals surface area contributed by atoms with Crippen molar-refractivity contribution in [1.29, 1.82) is 0 Å². The predicted molar refractivity (Wildman–Crippen MR) is 110 cm³/mol. The van der Waals surface area contributed by atoms with Crippen LogP contribution in [0.15, 0.2) is 42.5 Å². The summed E-state index contributed by atoms with van der Waals surface area (Å²) in [6.07, 6.45) is 0. The van der Waals surface area contributed by atoms with Crippen LogP contribution in [0.3, 0.4) is 0 Å². The Morgan fingerprint density at radius 1 is 0.966 bits per heavy atom. The Morgan fingerprint density at radius 2 is 1.52 bits per heavy atom. The molecule has 1 saturated heterocycles. The van der Waals surface area contributed by atoms with Crippen molar-refractivity contribution in [1.82, 2.24) is 9.80 Å². The van der Waals surface area contributed by atoms with Crippen LogP contribution in [0.5, 0.6) is 0 Å². The lowest BCUT2D eigenvalue weighted by Crippen LogP contribution is -2.50. The number of halogens is 1. The summed E-state index contributed by atoms with van der Waals surface area (Å²) in [5.41, 5.74) is 1.87. The molecular formula is C21H22ClN3O4. The molecule has 0 saturated carbocycles. The van der Waals surface area contributed by atoms with Crippen molar-refractivity contribution in [3.05, 3.63) is 74.3 Å². The van der Waals surface area contributed by atoms with Gasteiger partial charge in [0.2, 0.25) is 0 Å². The van der Waals surface area contributed by atoms with Gasteiger partial charge in [0.25, 0.3) is 17.5 Å². The summed E-state index contributed by atoms with van der Waals surface area (Å²) in [7, 11) is 0. The number of carbonyl (C=O) groups excluding carboxylic acids is 2. The van der Waals surface area contributed by atoms with Gasteiger partial charge in [0, 0.05) is 43.9 Å². The van der Waals surface area contributed by atoms with Gasteiger partial charge in [0.1, 0.15) is 0 Å². The predicted octanol–water partition coefficient (Wildman–Crippen LogP) is 3.97. The maximum atomic E-state index is 12.7. The Kier molecular flexibility index (Phi) is 6.17. The van der Waals surface area contributed by atoms with Gasteiger partial charge in [-0.1, -0.05) is 37.6 Å². The Balaban J connectivity index is 1.63. The second-order valence-electron chi connectivity index (χ2n) is 7.28. The molecule has 1 aliphatic rings. The smallest absolute Gasteiger partial charge is 0.270 e. The van der Waals surface area contributed by atoms with E-state index in [1.165, 1.54) is 23.8 Å². The zero-order valence-electron chi connectivity index (χ0n) is 16.3. The molecule has 0 atom stereocenters.